The number of furan rings is 2. The van der Waals surface area contributed by atoms with E-state index in [-0.39, 0.29) is 12.6 Å². The third kappa shape index (κ3) is 2.52. The molecule has 0 N–H and O–H groups in total. The fourth-order valence-electron chi connectivity index (χ4n) is 2.20. The first-order chi connectivity index (χ1) is 10.3. The average molecular weight is 285 g/mol. The summed E-state index contributed by atoms with van der Waals surface area (Å²) < 4.78 is 10.7. The summed E-state index contributed by atoms with van der Waals surface area (Å²) in [6, 6.07) is 6.69. The molecule has 0 aromatic carbocycles. The highest BCUT2D eigenvalue weighted by molar-refractivity contribution is 6.01. The van der Waals surface area contributed by atoms with E-state index in [1.165, 1.54) is 11.3 Å². The van der Waals surface area contributed by atoms with Crippen molar-refractivity contribution in [2.75, 3.05) is 6.54 Å². The minimum absolute atomic E-state index is 0.289. The van der Waals surface area contributed by atoms with Gasteiger partial charge in [0.1, 0.15) is 29.8 Å². The number of carbonyl (C=O) groups excluding carboxylic acids is 1. The molecule has 8 nitrogen and oxygen atoms in total. The lowest BCUT2D eigenvalue weighted by atomic mass is 10.1. The van der Waals surface area contributed by atoms with Gasteiger partial charge >= 0.3 is 0 Å². The third-order valence-electron chi connectivity index (χ3n) is 3.11. The number of hydrogen-bond donors (Lipinski definition) is 0. The van der Waals surface area contributed by atoms with Crippen LogP contribution in [0.3, 0.4) is 0 Å². The monoisotopic (exact) mass is 285 g/mol. The molecule has 106 valence electrons. The van der Waals surface area contributed by atoms with Crippen LogP contribution in [0.15, 0.2) is 55.8 Å². The molecule has 0 bridgehead atoms. The maximum atomic E-state index is 12.1. The summed E-state index contributed by atoms with van der Waals surface area (Å²) in [5.74, 6) is 0.830. The fourth-order valence-corrected chi connectivity index (χ4v) is 2.20. The van der Waals surface area contributed by atoms with Crippen LogP contribution in [-0.4, -0.2) is 23.2 Å². The molecule has 0 saturated carbocycles. The highest BCUT2D eigenvalue weighted by Crippen LogP contribution is 2.33. The lowest BCUT2D eigenvalue weighted by Gasteiger charge is -2.18. The van der Waals surface area contributed by atoms with Crippen LogP contribution in [-0.2, 0) is 4.79 Å². The Labute approximate surface area is 119 Å². The summed E-state index contributed by atoms with van der Waals surface area (Å²) in [5.41, 5.74) is 8.98. The first-order valence-corrected chi connectivity index (χ1v) is 6.27. The van der Waals surface area contributed by atoms with Gasteiger partial charge in [-0.1, -0.05) is 5.11 Å². The summed E-state index contributed by atoms with van der Waals surface area (Å²) >= 11 is 0. The van der Waals surface area contributed by atoms with Crippen molar-refractivity contribution < 1.29 is 13.6 Å². The largest absolute Gasteiger partial charge is 0.467 e. The van der Waals surface area contributed by atoms with Crippen LogP contribution in [0, 0.1) is 0 Å². The predicted molar refractivity (Wildman–Crippen MR) is 72.2 cm³/mol. The van der Waals surface area contributed by atoms with E-state index < -0.39 is 5.91 Å². The Bertz CT molecular complexity index is 698. The molecule has 3 rings (SSSR count). The van der Waals surface area contributed by atoms with E-state index in [1.54, 1.807) is 30.5 Å². The summed E-state index contributed by atoms with van der Waals surface area (Å²) in [4.78, 5) is 14.7. The Kier molecular flexibility index (Phi) is 3.44. The molecule has 8 heteroatoms. The molecule has 21 heavy (non-hydrogen) atoms. The number of hydrogen-bond acceptors (Lipinski definition) is 5. The summed E-state index contributed by atoms with van der Waals surface area (Å²) in [6.07, 6.45) is 3.56. The van der Waals surface area contributed by atoms with E-state index in [2.05, 4.69) is 15.1 Å². The second-order valence-electron chi connectivity index (χ2n) is 4.39. The maximum Gasteiger partial charge on any atom is 0.249 e. The fraction of sp³-hybridized carbons (Fsp3) is 0.231. The second-order valence-corrected chi connectivity index (χ2v) is 4.39. The molecule has 2 aromatic rings. The van der Waals surface area contributed by atoms with Crippen LogP contribution in [0.5, 0.6) is 0 Å². The van der Waals surface area contributed by atoms with Crippen molar-refractivity contribution in [3.05, 3.63) is 58.8 Å². The summed E-state index contributed by atoms with van der Waals surface area (Å²) in [7, 11) is 0. The molecule has 1 atom stereocenters. The van der Waals surface area contributed by atoms with Crippen molar-refractivity contribution in [1.29, 1.82) is 0 Å². The quantitative estimate of drug-likeness (QED) is 0.489. The maximum absolute atomic E-state index is 12.1. The van der Waals surface area contributed by atoms with Crippen LogP contribution in [0.4, 0.5) is 0 Å². The Morgan fingerprint density at radius 3 is 2.90 bits per heavy atom. The average Bonchev–Trinajstić information content (AvgIpc) is 3.24. The van der Waals surface area contributed by atoms with Gasteiger partial charge in [0.2, 0.25) is 5.91 Å². The molecule has 1 aliphatic heterocycles. The molecule has 0 saturated heterocycles. The number of hydrazone groups is 1. The Balaban J connectivity index is 1.90. The molecule has 1 amide bonds. The van der Waals surface area contributed by atoms with E-state index in [4.69, 9.17) is 14.4 Å². The number of nitrogens with zero attached hydrogens (tertiary/aromatic N) is 5. The summed E-state index contributed by atoms with van der Waals surface area (Å²) in [5, 5.41) is 8.85. The number of amides is 1. The van der Waals surface area contributed by atoms with Crippen molar-refractivity contribution in [3.63, 3.8) is 0 Å². The zero-order chi connectivity index (χ0) is 14.7. The van der Waals surface area contributed by atoms with Gasteiger partial charge in [-0.2, -0.15) is 5.10 Å². The van der Waals surface area contributed by atoms with Crippen LogP contribution in [0.2, 0.25) is 0 Å². The molecule has 1 unspecified atom stereocenters. The predicted octanol–water partition coefficient (Wildman–Crippen LogP) is 2.86. The Hall–Kier alpha value is -2.99. The minimum Gasteiger partial charge on any atom is -0.467 e. The Morgan fingerprint density at radius 1 is 1.43 bits per heavy atom. The molecule has 1 aliphatic rings. The molecular weight excluding hydrogens is 274 g/mol. The smallest absolute Gasteiger partial charge is 0.249 e. The van der Waals surface area contributed by atoms with E-state index >= 15 is 0 Å². The van der Waals surface area contributed by atoms with Gasteiger partial charge in [0.05, 0.1) is 12.5 Å². The molecule has 0 fully saturated rings. The number of rotatable bonds is 4. The molecule has 2 aromatic heterocycles. The normalized spacial score (nSPS) is 17.4. The van der Waals surface area contributed by atoms with Crippen molar-refractivity contribution in [2.45, 2.75) is 12.5 Å². The lowest BCUT2D eigenvalue weighted by molar-refractivity contribution is -0.131. The Morgan fingerprint density at radius 2 is 2.24 bits per heavy atom. The molecular formula is C13H11N5O3. The van der Waals surface area contributed by atoms with Gasteiger partial charge in [-0.25, -0.2) is 5.01 Å². The van der Waals surface area contributed by atoms with Gasteiger partial charge < -0.3 is 8.83 Å². The molecule has 0 aliphatic carbocycles. The first kappa shape index (κ1) is 13.0. The van der Waals surface area contributed by atoms with Gasteiger partial charge in [-0.3, -0.25) is 4.79 Å². The molecule has 0 radical (unpaired) electrons. The molecule has 0 spiro atoms. The van der Waals surface area contributed by atoms with Crippen LogP contribution in [0.25, 0.3) is 10.4 Å². The van der Waals surface area contributed by atoms with Crippen molar-refractivity contribution in [3.8, 4) is 0 Å². The van der Waals surface area contributed by atoms with Gasteiger partial charge in [0, 0.05) is 11.3 Å². The van der Waals surface area contributed by atoms with E-state index in [0.29, 0.717) is 23.7 Å². The highest BCUT2D eigenvalue weighted by Gasteiger charge is 2.35. The number of azide groups is 1. The standard InChI is InChI=1S/C13H11N5O3/c14-17-15-8-13(19)18-10(12-4-2-6-21-12)7-9(16-18)11-3-1-5-20-11/h1-6,10H,7-8H2. The number of carbonyl (C=O) groups is 1. The van der Waals surface area contributed by atoms with Crippen molar-refractivity contribution in [1.82, 2.24) is 5.01 Å². The molecule has 3 heterocycles. The van der Waals surface area contributed by atoms with Gasteiger partial charge in [-0.15, -0.1) is 0 Å². The minimum atomic E-state index is -0.393. The highest BCUT2D eigenvalue weighted by atomic mass is 16.3. The lowest BCUT2D eigenvalue weighted by Crippen LogP contribution is -2.28. The van der Waals surface area contributed by atoms with Crippen LogP contribution < -0.4 is 0 Å². The third-order valence-corrected chi connectivity index (χ3v) is 3.11. The topological polar surface area (TPSA) is 108 Å². The van der Waals surface area contributed by atoms with Crippen LogP contribution in [0.1, 0.15) is 24.0 Å². The van der Waals surface area contributed by atoms with Gasteiger partial charge in [0.15, 0.2) is 0 Å². The van der Waals surface area contributed by atoms with Crippen molar-refractivity contribution in [2.24, 2.45) is 10.2 Å². The van der Waals surface area contributed by atoms with Gasteiger partial charge in [0.25, 0.3) is 0 Å². The first-order valence-electron chi connectivity index (χ1n) is 6.27. The van der Waals surface area contributed by atoms with E-state index in [9.17, 15) is 4.79 Å². The SMILES string of the molecule is [N-]=[N+]=NCC(=O)N1N=C(c2ccco2)CC1c1ccco1. The zero-order valence-electron chi connectivity index (χ0n) is 10.9. The van der Waals surface area contributed by atoms with E-state index in [0.717, 1.165) is 0 Å². The second kappa shape index (κ2) is 5.56. The van der Waals surface area contributed by atoms with Gasteiger partial charge in [-0.05, 0) is 29.8 Å². The zero-order valence-corrected chi connectivity index (χ0v) is 10.9. The van der Waals surface area contributed by atoms with Crippen molar-refractivity contribution >= 4 is 11.6 Å². The summed E-state index contributed by atoms with van der Waals surface area (Å²) in [6.45, 7) is -0.289. The van der Waals surface area contributed by atoms with E-state index in [1.807, 2.05) is 0 Å². The van der Waals surface area contributed by atoms with Crippen LogP contribution >= 0.6 is 0 Å².